The molecule has 18 heavy (non-hydrogen) atoms. The Hall–Kier alpha value is -1.63. The molecule has 0 saturated carbocycles. The number of hydrogen-bond donors (Lipinski definition) is 1. The molecule has 0 aliphatic carbocycles. The Morgan fingerprint density at radius 2 is 1.89 bits per heavy atom. The van der Waals surface area contributed by atoms with E-state index < -0.39 is 27.2 Å². The predicted octanol–water partition coefficient (Wildman–Crippen LogP) is 0.759. The Labute approximate surface area is 104 Å². The molecule has 1 N–H and O–H groups in total. The van der Waals surface area contributed by atoms with E-state index in [9.17, 15) is 17.6 Å². The SMILES string of the molecule is O=C(O)c1cc(N2CCS(=O)(=O)CC2)ccc1F. The maximum Gasteiger partial charge on any atom is 0.338 e. The molecule has 1 heterocycles. The van der Waals surface area contributed by atoms with E-state index in [0.29, 0.717) is 18.8 Å². The highest BCUT2D eigenvalue weighted by molar-refractivity contribution is 7.91. The lowest BCUT2D eigenvalue weighted by atomic mass is 10.1. The molecular formula is C11H12FNO4S. The summed E-state index contributed by atoms with van der Waals surface area (Å²) in [6, 6.07) is 3.78. The number of hydrogen-bond acceptors (Lipinski definition) is 4. The summed E-state index contributed by atoms with van der Waals surface area (Å²) in [4.78, 5) is 12.5. The van der Waals surface area contributed by atoms with Crippen molar-refractivity contribution in [1.82, 2.24) is 0 Å². The number of aromatic carboxylic acids is 1. The van der Waals surface area contributed by atoms with Crippen LogP contribution in [-0.2, 0) is 9.84 Å². The van der Waals surface area contributed by atoms with E-state index in [4.69, 9.17) is 5.11 Å². The number of benzene rings is 1. The fraction of sp³-hybridized carbons (Fsp3) is 0.364. The predicted molar refractivity (Wildman–Crippen MR) is 64.2 cm³/mol. The second-order valence-electron chi connectivity index (χ2n) is 4.11. The summed E-state index contributed by atoms with van der Waals surface area (Å²) in [7, 11) is -2.99. The summed E-state index contributed by atoms with van der Waals surface area (Å²) in [6.07, 6.45) is 0. The van der Waals surface area contributed by atoms with Gasteiger partial charge < -0.3 is 10.0 Å². The summed E-state index contributed by atoms with van der Waals surface area (Å²) in [6.45, 7) is 0.597. The van der Waals surface area contributed by atoms with Gasteiger partial charge in [-0.3, -0.25) is 0 Å². The highest BCUT2D eigenvalue weighted by Gasteiger charge is 2.22. The second-order valence-corrected chi connectivity index (χ2v) is 6.41. The van der Waals surface area contributed by atoms with Gasteiger partial charge in [0.25, 0.3) is 0 Å². The third-order valence-electron chi connectivity index (χ3n) is 2.89. The van der Waals surface area contributed by atoms with Gasteiger partial charge in [0.2, 0.25) is 0 Å². The van der Waals surface area contributed by atoms with Gasteiger partial charge >= 0.3 is 5.97 Å². The standard InChI is InChI=1S/C11H12FNO4S/c12-10-2-1-8(7-9(10)11(14)15)13-3-5-18(16,17)6-4-13/h1-2,7H,3-6H2,(H,14,15). The monoisotopic (exact) mass is 273 g/mol. The summed E-state index contributed by atoms with van der Waals surface area (Å²) >= 11 is 0. The third-order valence-corrected chi connectivity index (χ3v) is 4.50. The van der Waals surface area contributed by atoms with E-state index in [2.05, 4.69) is 0 Å². The van der Waals surface area contributed by atoms with Crippen molar-refractivity contribution in [3.63, 3.8) is 0 Å². The van der Waals surface area contributed by atoms with Crippen LogP contribution in [0.1, 0.15) is 10.4 Å². The van der Waals surface area contributed by atoms with E-state index in [-0.39, 0.29) is 11.5 Å². The minimum Gasteiger partial charge on any atom is -0.478 e. The molecule has 98 valence electrons. The van der Waals surface area contributed by atoms with Crippen molar-refractivity contribution in [3.05, 3.63) is 29.6 Å². The Morgan fingerprint density at radius 1 is 1.28 bits per heavy atom. The molecule has 0 unspecified atom stereocenters. The van der Waals surface area contributed by atoms with Crippen LogP contribution in [0.5, 0.6) is 0 Å². The van der Waals surface area contributed by atoms with Gasteiger partial charge in [0, 0.05) is 18.8 Å². The molecule has 1 aromatic carbocycles. The number of sulfone groups is 1. The lowest BCUT2D eigenvalue weighted by Crippen LogP contribution is -2.40. The molecule has 0 amide bonds. The second kappa shape index (κ2) is 4.56. The van der Waals surface area contributed by atoms with Gasteiger partial charge in [-0.25, -0.2) is 17.6 Å². The van der Waals surface area contributed by atoms with Crippen molar-refractivity contribution >= 4 is 21.5 Å². The van der Waals surface area contributed by atoms with Crippen LogP contribution in [0.2, 0.25) is 0 Å². The van der Waals surface area contributed by atoms with Crippen molar-refractivity contribution < 1.29 is 22.7 Å². The topological polar surface area (TPSA) is 74.7 Å². The van der Waals surface area contributed by atoms with Crippen LogP contribution in [0.4, 0.5) is 10.1 Å². The first kappa shape index (κ1) is 12.8. The number of carbonyl (C=O) groups is 1. The first-order valence-electron chi connectivity index (χ1n) is 5.37. The summed E-state index contributed by atoms with van der Waals surface area (Å²) < 4.78 is 35.8. The lowest BCUT2D eigenvalue weighted by Gasteiger charge is -2.28. The highest BCUT2D eigenvalue weighted by Crippen LogP contribution is 2.21. The van der Waals surface area contributed by atoms with Crippen LogP contribution >= 0.6 is 0 Å². The van der Waals surface area contributed by atoms with Gasteiger partial charge in [-0.05, 0) is 18.2 Å². The Morgan fingerprint density at radius 3 is 2.44 bits per heavy atom. The molecule has 0 radical (unpaired) electrons. The van der Waals surface area contributed by atoms with Crippen molar-refractivity contribution in [2.45, 2.75) is 0 Å². The molecule has 1 aliphatic rings. The molecule has 0 bridgehead atoms. The first-order chi connectivity index (χ1) is 8.39. The van der Waals surface area contributed by atoms with Crippen molar-refractivity contribution in [1.29, 1.82) is 0 Å². The maximum atomic E-state index is 13.2. The normalized spacial score (nSPS) is 18.6. The smallest absolute Gasteiger partial charge is 0.338 e. The minimum absolute atomic E-state index is 0.0345. The molecule has 1 fully saturated rings. The van der Waals surface area contributed by atoms with E-state index >= 15 is 0 Å². The minimum atomic E-state index is -2.99. The zero-order valence-electron chi connectivity index (χ0n) is 9.47. The molecular weight excluding hydrogens is 261 g/mol. The lowest BCUT2D eigenvalue weighted by molar-refractivity contribution is 0.0692. The number of carboxylic acid groups (broad SMARTS) is 1. The molecule has 1 aromatic rings. The maximum absolute atomic E-state index is 13.2. The van der Waals surface area contributed by atoms with Crippen molar-refractivity contribution in [2.75, 3.05) is 29.5 Å². The van der Waals surface area contributed by atoms with Crippen molar-refractivity contribution in [2.24, 2.45) is 0 Å². The number of nitrogens with zero attached hydrogens (tertiary/aromatic N) is 1. The largest absolute Gasteiger partial charge is 0.478 e. The number of rotatable bonds is 2. The van der Waals surface area contributed by atoms with Crippen LogP contribution in [0.3, 0.4) is 0 Å². The molecule has 7 heteroatoms. The van der Waals surface area contributed by atoms with E-state index in [1.54, 1.807) is 4.90 Å². The average molecular weight is 273 g/mol. The van der Waals surface area contributed by atoms with Crippen LogP contribution in [0.25, 0.3) is 0 Å². The molecule has 1 saturated heterocycles. The summed E-state index contributed by atoms with van der Waals surface area (Å²) in [5.74, 6) is -2.06. The van der Waals surface area contributed by atoms with Gasteiger partial charge in [0.05, 0.1) is 17.1 Å². The van der Waals surface area contributed by atoms with Gasteiger partial charge in [-0.15, -0.1) is 0 Å². The van der Waals surface area contributed by atoms with E-state index in [1.165, 1.54) is 12.1 Å². The Kier molecular flexibility index (Phi) is 3.25. The van der Waals surface area contributed by atoms with Crippen LogP contribution in [0.15, 0.2) is 18.2 Å². The molecule has 0 spiro atoms. The number of carboxylic acids is 1. The molecule has 2 rings (SSSR count). The van der Waals surface area contributed by atoms with Crippen LogP contribution < -0.4 is 4.90 Å². The van der Waals surface area contributed by atoms with Gasteiger partial charge in [0.1, 0.15) is 5.82 Å². The fourth-order valence-electron chi connectivity index (χ4n) is 1.84. The van der Waals surface area contributed by atoms with Crippen LogP contribution in [-0.4, -0.2) is 44.1 Å². The fourth-order valence-corrected chi connectivity index (χ4v) is 3.05. The quantitative estimate of drug-likeness (QED) is 0.861. The van der Waals surface area contributed by atoms with Crippen molar-refractivity contribution in [3.8, 4) is 0 Å². The summed E-state index contributed by atoms with van der Waals surface area (Å²) in [5, 5.41) is 8.82. The molecule has 0 aromatic heterocycles. The zero-order chi connectivity index (χ0) is 13.3. The third kappa shape index (κ3) is 2.61. The first-order valence-corrected chi connectivity index (χ1v) is 7.19. The highest BCUT2D eigenvalue weighted by atomic mass is 32.2. The van der Waals surface area contributed by atoms with Gasteiger partial charge in [-0.2, -0.15) is 0 Å². The van der Waals surface area contributed by atoms with E-state index in [0.717, 1.165) is 6.07 Å². The van der Waals surface area contributed by atoms with E-state index in [1.807, 2.05) is 0 Å². The number of halogens is 1. The Bertz CT molecular complexity index is 571. The average Bonchev–Trinajstić information content (AvgIpc) is 2.30. The summed E-state index contributed by atoms with van der Waals surface area (Å²) in [5.41, 5.74) is 0.129. The zero-order valence-corrected chi connectivity index (χ0v) is 10.3. The molecule has 0 atom stereocenters. The van der Waals surface area contributed by atoms with Gasteiger partial charge in [0.15, 0.2) is 9.84 Å². The molecule has 5 nitrogen and oxygen atoms in total. The van der Waals surface area contributed by atoms with Gasteiger partial charge in [-0.1, -0.05) is 0 Å². The number of anilines is 1. The Balaban J connectivity index is 2.25. The van der Waals surface area contributed by atoms with Crippen LogP contribution in [0, 0.1) is 5.82 Å². The molecule has 1 aliphatic heterocycles.